The molecule has 0 aromatic carbocycles. The molecule has 0 aromatic heterocycles. The van der Waals surface area contributed by atoms with Gasteiger partial charge in [0.2, 0.25) is 0 Å². The van der Waals surface area contributed by atoms with E-state index in [2.05, 4.69) is 11.3 Å². The molecular formula is C13H23F3O5Si. The highest BCUT2D eigenvalue weighted by Gasteiger charge is 2.40. The zero-order chi connectivity index (χ0) is 17.2. The van der Waals surface area contributed by atoms with Gasteiger partial charge < -0.3 is 18.0 Å². The van der Waals surface area contributed by atoms with Gasteiger partial charge in [-0.3, -0.25) is 0 Å². The van der Waals surface area contributed by atoms with Crippen molar-refractivity contribution in [1.82, 2.24) is 0 Å². The van der Waals surface area contributed by atoms with Gasteiger partial charge in [-0.2, -0.15) is 13.2 Å². The summed E-state index contributed by atoms with van der Waals surface area (Å²) in [5.74, 6) is -1.47. The van der Waals surface area contributed by atoms with E-state index in [1.165, 1.54) is 0 Å². The molecule has 0 aromatic rings. The largest absolute Gasteiger partial charge is 0.501 e. The lowest BCUT2D eigenvalue weighted by Crippen LogP contribution is -2.46. The van der Waals surface area contributed by atoms with Crippen molar-refractivity contribution in [2.45, 2.75) is 39.4 Å². The summed E-state index contributed by atoms with van der Waals surface area (Å²) in [5, 5.41) is 0. The molecule has 0 spiro atoms. The van der Waals surface area contributed by atoms with Crippen molar-refractivity contribution in [1.29, 1.82) is 0 Å². The Morgan fingerprint density at radius 2 is 1.50 bits per heavy atom. The normalized spacial score (nSPS) is 12.3. The lowest BCUT2D eigenvalue weighted by molar-refractivity contribution is -0.150. The van der Waals surface area contributed by atoms with Crippen LogP contribution < -0.4 is 0 Å². The second-order valence-electron chi connectivity index (χ2n) is 4.20. The Hall–Kier alpha value is -0.903. The minimum Gasteiger partial charge on any atom is -0.462 e. The van der Waals surface area contributed by atoms with Crippen LogP contribution >= 0.6 is 0 Å². The molecule has 0 saturated carbocycles. The van der Waals surface area contributed by atoms with Gasteiger partial charge in [0.15, 0.2) is 0 Å². The first kappa shape index (κ1) is 21.1. The van der Waals surface area contributed by atoms with Crippen LogP contribution in [-0.2, 0) is 22.8 Å². The van der Waals surface area contributed by atoms with Crippen molar-refractivity contribution < 1.29 is 36.0 Å². The summed E-state index contributed by atoms with van der Waals surface area (Å²) in [4.78, 5) is 11.2. The number of rotatable bonds is 11. The van der Waals surface area contributed by atoms with E-state index in [-0.39, 0.29) is 13.0 Å². The van der Waals surface area contributed by atoms with Crippen molar-refractivity contribution in [3.05, 3.63) is 12.2 Å². The number of ether oxygens (including phenoxy) is 1. The minimum atomic E-state index is -4.78. The van der Waals surface area contributed by atoms with Crippen LogP contribution in [0.1, 0.15) is 27.2 Å². The molecule has 0 heterocycles. The topological polar surface area (TPSA) is 54.0 Å². The fourth-order valence-electron chi connectivity index (χ4n) is 1.66. The van der Waals surface area contributed by atoms with Crippen LogP contribution in [0.4, 0.5) is 13.2 Å². The summed E-state index contributed by atoms with van der Waals surface area (Å²) in [6.07, 6.45) is -4.50. The zero-order valence-electron chi connectivity index (χ0n) is 13.1. The minimum absolute atomic E-state index is 0.185. The molecule has 130 valence electrons. The Balaban J connectivity index is 4.39. The van der Waals surface area contributed by atoms with Gasteiger partial charge in [0.1, 0.15) is 5.57 Å². The second-order valence-corrected chi connectivity index (χ2v) is 6.93. The molecule has 0 aliphatic carbocycles. The first-order valence-corrected chi connectivity index (χ1v) is 9.00. The molecule has 0 radical (unpaired) electrons. The van der Waals surface area contributed by atoms with Gasteiger partial charge in [-0.15, -0.1) is 0 Å². The summed E-state index contributed by atoms with van der Waals surface area (Å²) >= 11 is 0. The van der Waals surface area contributed by atoms with Gasteiger partial charge >= 0.3 is 21.0 Å². The maximum absolute atomic E-state index is 12.2. The number of hydrogen-bond donors (Lipinski definition) is 0. The van der Waals surface area contributed by atoms with Crippen molar-refractivity contribution in [3.63, 3.8) is 0 Å². The molecule has 0 aliphatic rings. The summed E-state index contributed by atoms with van der Waals surface area (Å²) in [5.41, 5.74) is -1.52. The van der Waals surface area contributed by atoms with Gasteiger partial charge in [-0.1, -0.05) is 6.58 Å². The number of carbonyl (C=O) groups is 1. The molecule has 22 heavy (non-hydrogen) atoms. The van der Waals surface area contributed by atoms with Gasteiger partial charge in [0.05, 0.1) is 6.61 Å². The molecule has 0 rings (SSSR count). The van der Waals surface area contributed by atoms with E-state index in [4.69, 9.17) is 13.3 Å². The van der Waals surface area contributed by atoms with Gasteiger partial charge in [0, 0.05) is 25.9 Å². The van der Waals surface area contributed by atoms with E-state index in [0.29, 0.717) is 25.9 Å². The molecule has 0 unspecified atom stereocenters. The number of alkyl halides is 3. The van der Waals surface area contributed by atoms with Crippen molar-refractivity contribution in [3.8, 4) is 0 Å². The first-order valence-electron chi connectivity index (χ1n) is 7.07. The summed E-state index contributed by atoms with van der Waals surface area (Å²) < 4.78 is 58.0. The molecule has 0 bridgehead atoms. The van der Waals surface area contributed by atoms with Gasteiger partial charge in [0.25, 0.3) is 0 Å². The molecule has 0 N–H and O–H groups in total. The van der Waals surface area contributed by atoms with Crippen molar-refractivity contribution in [2.75, 3.05) is 26.4 Å². The highest BCUT2D eigenvalue weighted by Crippen LogP contribution is 2.25. The predicted octanol–water partition coefficient (Wildman–Crippen LogP) is 3.09. The Morgan fingerprint density at radius 1 is 1.05 bits per heavy atom. The van der Waals surface area contributed by atoms with Crippen LogP contribution in [0.25, 0.3) is 0 Å². The molecule has 0 amide bonds. The molecule has 0 fully saturated rings. The quantitative estimate of drug-likeness (QED) is 0.249. The Morgan fingerprint density at radius 3 is 1.86 bits per heavy atom. The second kappa shape index (κ2) is 9.98. The number of esters is 1. The summed E-state index contributed by atoms with van der Waals surface area (Å²) in [7, 11) is -2.87. The van der Waals surface area contributed by atoms with E-state index < -0.39 is 26.5 Å². The third kappa shape index (κ3) is 7.39. The van der Waals surface area contributed by atoms with E-state index in [1.807, 2.05) is 0 Å². The predicted molar refractivity (Wildman–Crippen MR) is 76.2 cm³/mol. The molecular weight excluding hydrogens is 321 g/mol. The van der Waals surface area contributed by atoms with Crippen LogP contribution in [0.2, 0.25) is 6.04 Å². The average Bonchev–Trinajstić information content (AvgIpc) is 2.42. The highest BCUT2D eigenvalue weighted by molar-refractivity contribution is 6.60. The molecule has 0 atom stereocenters. The van der Waals surface area contributed by atoms with Gasteiger partial charge in [-0.05, 0) is 27.2 Å². The molecule has 9 heteroatoms. The Bertz CT molecular complexity index is 343. The molecule has 0 aliphatic heterocycles. The number of halogens is 3. The average molecular weight is 344 g/mol. The van der Waals surface area contributed by atoms with E-state index in [9.17, 15) is 18.0 Å². The lowest BCUT2D eigenvalue weighted by Gasteiger charge is -2.28. The number of carbonyl (C=O) groups excluding carboxylic acids is 1. The van der Waals surface area contributed by atoms with Crippen LogP contribution in [0, 0.1) is 0 Å². The SMILES string of the molecule is C=C(C(=O)OCCC[Si](OCC)(OCC)OCC)C(F)(F)F. The van der Waals surface area contributed by atoms with E-state index >= 15 is 0 Å². The van der Waals surface area contributed by atoms with Crippen LogP contribution in [0.3, 0.4) is 0 Å². The third-order valence-corrected chi connectivity index (χ3v) is 5.69. The van der Waals surface area contributed by atoms with Crippen LogP contribution in [-0.4, -0.2) is 47.4 Å². The van der Waals surface area contributed by atoms with E-state index in [1.54, 1.807) is 20.8 Å². The van der Waals surface area contributed by atoms with Crippen LogP contribution in [0.15, 0.2) is 12.2 Å². The lowest BCUT2D eigenvalue weighted by atomic mass is 10.3. The smallest absolute Gasteiger partial charge is 0.462 e. The fourth-order valence-corrected chi connectivity index (χ4v) is 4.24. The third-order valence-electron chi connectivity index (χ3n) is 2.54. The standard InChI is InChI=1S/C13H23F3O5Si/c1-5-19-22(20-6-2,21-7-3)10-8-9-18-12(17)11(4)13(14,15)16/h4-10H2,1-3H3. The Kier molecular flexibility index (Phi) is 9.57. The van der Waals surface area contributed by atoms with Gasteiger partial charge in [-0.25, -0.2) is 4.79 Å². The maximum atomic E-state index is 12.2. The zero-order valence-corrected chi connectivity index (χ0v) is 14.1. The van der Waals surface area contributed by atoms with Crippen molar-refractivity contribution >= 4 is 14.8 Å². The summed E-state index contributed by atoms with van der Waals surface area (Å²) in [6.45, 7) is 9.09. The Labute approximate surface area is 129 Å². The fraction of sp³-hybridized carbons (Fsp3) is 0.769. The first-order chi connectivity index (χ1) is 10.2. The van der Waals surface area contributed by atoms with E-state index in [0.717, 1.165) is 0 Å². The van der Waals surface area contributed by atoms with Crippen LogP contribution in [0.5, 0.6) is 0 Å². The molecule has 5 nitrogen and oxygen atoms in total. The molecule has 0 saturated heterocycles. The summed E-state index contributed by atoms with van der Waals surface area (Å²) in [6, 6.07) is 0.355. The highest BCUT2D eigenvalue weighted by atomic mass is 28.4. The maximum Gasteiger partial charge on any atom is 0.501 e. The monoisotopic (exact) mass is 344 g/mol. The number of hydrogen-bond acceptors (Lipinski definition) is 5. The van der Waals surface area contributed by atoms with Crippen molar-refractivity contribution in [2.24, 2.45) is 0 Å².